The first-order valence-corrected chi connectivity index (χ1v) is 9.49. The minimum absolute atomic E-state index is 0.0140. The predicted octanol–water partition coefficient (Wildman–Crippen LogP) is 1.54. The zero-order valence-electron chi connectivity index (χ0n) is 14.2. The first kappa shape index (κ1) is 18.6. The molecule has 2 aliphatic heterocycles. The summed E-state index contributed by atoms with van der Waals surface area (Å²) < 4.78 is 0.428. The molecule has 6 nitrogen and oxygen atoms in total. The van der Waals surface area contributed by atoms with Gasteiger partial charge < -0.3 is 14.8 Å². The average Bonchev–Trinajstić information content (AvgIpc) is 3.02. The number of rotatable bonds is 6. The number of thiocarbonyl (C=S) groups is 1. The molecule has 0 aromatic heterocycles. The monoisotopic (exact) mass is 389 g/mol. The van der Waals surface area contributed by atoms with Crippen molar-refractivity contribution >= 4 is 57.3 Å². The van der Waals surface area contributed by atoms with Crippen molar-refractivity contribution in [1.82, 2.24) is 4.90 Å². The van der Waals surface area contributed by atoms with Crippen molar-refractivity contribution in [3.05, 3.63) is 34.7 Å². The minimum Gasteiger partial charge on any atom is -0.550 e. The Morgan fingerprint density at radius 1 is 1.15 bits per heavy atom. The van der Waals surface area contributed by atoms with Crippen molar-refractivity contribution in [2.24, 2.45) is 0 Å². The minimum atomic E-state index is -1.07. The molecule has 0 N–H and O–H groups in total. The van der Waals surface area contributed by atoms with E-state index in [1.165, 1.54) is 9.80 Å². The second-order valence-corrected chi connectivity index (χ2v) is 7.74. The van der Waals surface area contributed by atoms with Gasteiger partial charge in [-0.1, -0.05) is 48.6 Å². The van der Waals surface area contributed by atoms with E-state index >= 15 is 0 Å². The van der Waals surface area contributed by atoms with Crippen LogP contribution in [-0.4, -0.2) is 40.6 Å². The predicted molar refractivity (Wildman–Crippen MR) is 102 cm³/mol. The maximum atomic E-state index is 12.8. The van der Waals surface area contributed by atoms with Gasteiger partial charge in [-0.05, 0) is 25.3 Å². The topological polar surface area (TPSA) is 80.8 Å². The Bertz CT molecular complexity index is 834. The summed E-state index contributed by atoms with van der Waals surface area (Å²) in [4.78, 5) is 39.3. The Hall–Kier alpha value is -2.19. The van der Waals surface area contributed by atoms with Crippen molar-refractivity contribution in [3.8, 4) is 0 Å². The number of anilines is 1. The molecule has 0 bridgehead atoms. The first-order valence-electron chi connectivity index (χ1n) is 8.27. The largest absolute Gasteiger partial charge is 0.550 e. The lowest BCUT2D eigenvalue weighted by Gasteiger charge is -2.14. The van der Waals surface area contributed by atoms with Crippen LogP contribution in [0.5, 0.6) is 0 Å². The van der Waals surface area contributed by atoms with Gasteiger partial charge in [0.1, 0.15) is 4.32 Å². The van der Waals surface area contributed by atoms with E-state index < -0.39 is 5.97 Å². The highest BCUT2D eigenvalue weighted by atomic mass is 32.2. The van der Waals surface area contributed by atoms with E-state index in [-0.39, 0.29) is 18.2 Å². The van der Waals surface area contributed by atoms with Gasteiger partial charge in [-0.25, -0.2) is 0 Å². The molecule has 1 aromatic rings. The summed E-state index contributed by atoms with van der Waals surface area (Å²) in [5.74, 6) is -1.53. The number of aliphatic carboxylic acids is 1. The van der Waals surface area contributed by atoms with Gasteiger partial charge >= 0.3 is 0 Å². The van der Waals surface area contributed by atoms with E-state index in [4.69, 9.17) is 12.2 Å². The quantitative estimate of drug-likeness (QED) is 0.417. The standard InChI is InChI=1S/C18H18N2O4S2/c1-19-12-8-5-4-7-11(12)14(16(19)23)15-17(24)20(18(25)26-15)10-6-2-3-9-13(21)22/h4-5,7-8H,2-3,6,9-10H2,1H3,(H,21,22)/p-1/b15-14+. The molecule has 2 aliphatic rings. The molecule has 0 radical (unpaired) electrons. The lowest BCUT2D eigenvalue weighted by molar-refractivity contribution is -0.305. The van der Waals surface area contributed by atoms with E-state index in [2.05, 4.69) is 0 Å². The molecule has 1 fully saturated rings. The normalized spacial score (nSPS) is 19.5. The smallest absolute Gasteiger partial charge is 0.267 e. The van der Waals surface area contributed by atoms with Gasteiger partial charge in [0.2, 0.25) is 0 Å². The summed E-state index contributed by atoms with van der Waals surface area (Å²) in [6.45, 7) is 0.417. The Labute approximate surface area is 160 Å². The molecule has 2 heterocycles. The lowest BCUT2D eigenvalue weighted by Crippen LogP contribution is -2.29. The molecular weight excluding hydrogens is 372 g/mol. The molecule has 136 valence electrons. The zero-order chi connectivity index (χ0) is 18.8. The van der Waals surface area contributed by atoms with Gasteiger partial charge in [-0.3, -0.25) is 14.5 Å². The fourth-order valence-corrected chi connectivity index (χ4v) is 4.43. The summed E-state index contributed by atoms with van der Waals surface area (Å²) in [5, 5.41) is 10.4. The number of carbonyl (C=O) groups is 3. The van der Waals surface area contributed by atoms with Gasteiger partial charge in [0.05, 0.1) is 16.2 Å². The summed E-state index contributed by atoms with van der Waals surface area (Å²) in [5.41, 5.74) is 1.93. The van der Waals surface area contributed by atoms with Crippen molar-refractivity contribution in [1.29, 1.82) is 0 Å². The molecule has 2 amide bonds. The number of hydrogen-bond donors (Lipinski definition) is 0. The molecule has 0 atom stereocenters. The van der Waals surface area contributed by atoms with Crippen LogP contribution in [0, 0.1) is 0 Å². The second kappa shape index (κ2) is 7.59. The van der Waals surface area contributed by atoms with Crippen LogP contribution in [-0.2, 0) is 14.4 Å². The van der Waals surface area contributed by atoms with Crippen molar-refractivity contribution in [3.63, 3.8) is 0 Å². The SMILES string of the molecule is CN1C(=O)/C(=C2/SC(=S)N(CCCCCC(=O)[O-])C2=O)c2ccccc21. The van der Waals surface area contributed by atoms with E-state index in [9.17, 15) is 19.5 Å². The number of nitrogens with zero attached hydrogens (tertiary/aromatic N) is 2. The fraction of sp³-hybridized carbons (Fsp3) is 0.333. The van der Waals surface area contributed by atoms with Gasteiger partial charge in [-0.2, -0.15) is 0 Å². The van der Waals surface area contributed by atoms with E-state index in [1.54, 1.807) is 7.05 Å². The van der Waals surface area contributed by atoms with Crippen molar-refractivity contribution < 1.29 is 19.5 Å². The van der Waals surface area contributed by atoms with Crippen molar-refractivity contribution in [2.75, 3.05) is 18.5 Å². The maximum Gasteiger partial charge on any atom is 0.267 e. The Morgan fingerprint density at radius 2 is 1.88 bits per heavy atom. The number of para-hydroxylation sites is 1. The van der Waals surface area contributed by atoms with E-state index in [1.807, 2.05) is 24.3 Å². The van der Waals surface area contributed by atoms with Crippen LogP contribution in [0.2, 0.25) is 0 Å². The maximum absolute atomic E-state index is 12.8. The highest BCUT2D eigenvalue weighted by Crippen LogP contribution is 2.43. The zero-order valence-corrected chi connectivity index (χ0v) is 15.8. The van der Waals surface area contributed by atoms with Crippen LogP contribution in [0.25, 0.3) is 5.57 Å². The lowest BCUT2D eigenvalue weighted by atomic mass is 10.1. The molecule has 8 heteroatoms. The number of carboxylic acids is 1. The van der Waals surface area contributed by atoms with Crippen LogP contribution in [0.4, 0.5) is 5.69 Å². The molecule has 0 spiro atoms. The van der Waals surface area contributed by atoms with Gasteiger partial charge in [0.25, 0.3) is 11.8 Å². The Balaban J connectivity index is 1.77. The number of likely N-dealkylation sites (N-methyl/N-ethyl adjacent to an activating group) is 1. The second-order valence-electron chi connectivity index (χ2n) is 6.09. The van der Waals surface area contributed by atoms with Crippen LogP contribution in [0.1, 0.15) is 31.2 Å². The molecule has 3 rings (SSSR count). The molecular formula is C18H17N2O4S2-. The van der Waals surface area contributed by atoms with Crippen LogP contribution < -0.4 is 10.0 Å². The van der Waals surface area contributed by atoms with Crippen LogP contribution >= 0.6 is 24.0 Å². The Kier molecular flexibility index (Phi) is 5.43. The molecule has 1 saturated heterocycles. The van der Waals surface area contributed by atoms with Gasteiger partial charge in [0.15, 0.2) is 0 Å². The highest BCUT2D eigenvalue weighted by Gasteiger charge is 2.40. The number of carbonyl (C=O) groups excluding carboxylic acids is 3. The third-order valence-electron chi connectivity index (χ3n) is 4.39. The molecule has 0 aliphatic carbocycles. The number of unbranched alkanes of at least 4 members (excludes halogenated alkanes) is 2. The molecule has 1 aromatic carbocycles. The number of amides is 2. The third-order valence-corrected chi connectivity index (χ3v) is 5.84. The molecule has 0 unspecified atom stereocenters. The van der Waals surface area contributed by atoms with E-state index in [0.29, 0.717) is 40.6 Å². The summed E-state index contributed by atoms with van der Waals surface area (Å²) in [6, 6.07) is 7.36. The summed E-state index contributed by atoms with van der Waals surface area (Å²) in [7, 11) is 1.69. The molecule has 0 saturated carbocycles. The van der Waals surface area contributed by atoms with E-state index in [0.717, 1.165) is 23.0 Å². The van der Waals surface area contributed by atoms with Crippen molar-refractivity contribution in [2.45, 2.75) is 25.7 Å². The summed E-state index contributed by atoms with van der Waals surface area (Å²) in [6.07, 6.45) is 1.84. The Morgan fingerprint density at radius 3 is 2.62 bits per heavy atom. The summed E-state index contributed by atoms with van der Waals surface area (Å²) >= 11 is 6.47. The number of benzene rings is 1. The highest BCUT2D eigenvalue weighted by molar-refractivity contribution is 8.26. The number of hydrogen-bond acceptors (Lipinski definition) is 6. The first-order chi connectivity index (χ1) is 12.4. The van der Waals surface area contributed by atoms with Crippen LogP contribution in [0.15, 0.2) is 29.2 Å². The number of fused-ring (bicyclic) bond motifs is 1. The van der Waals surface area contributed by atoms with Gasteiger partial charge in [0, 0.05) is 25.1 Å². The number of carboxylic acid groups (broad SMARTS) is 1. The average molecular weight is 389 g/mol. The van der Waals surface area contributed by atoms with Gasteiger partial charge in [-0.15, -0.1) is 0 Å². The van der Waals surface area contributed by atoms with Crippen LogP contribution in [0.3, 0.4) is 0 Å². The fourth-order valence-electron chi connectivity index (χ4n) is 3.05. The third kappa shape index (κ3) is 3.39. The number of thioether (sulfide) groups is 1. The molecule has 26 heavy (non-hydrogen) atoms.